The van der Waals surface area contributed by atoms with Crippen LogP contribution in [0.1, 0.15) is 51.1 Å². The van der Waals surface area contributed by atoms with E-state index in [1.165, 1.54) is 12.8 Å². The lowest BCUT2D eigenvalue weighted by Gasteiger charge is -2.14. The van der Waals surface area contributed by atoms with Gasteiger partial charge in [-0.15, -0.1) is 0 Å². The number of phenols is 1. The van der Waals surface area contributed by atoms with Gasteiger partial charge < -0.3 is 15.6 Å². The van der Waals surface area contributed by atoms with E-state index in [9.17, 15) is 5.11 Å². The van der Waals surface area contributed by atoms with Crippen molar-refractivity contribution in [3.8, 4) is 11.5 Å². The second-order valence-electron chi connectivity index (χ2n) is 4.26. The molecule has 0 heterocycles. The summed E-state index contributed by atoms with van der Waals surface area (Å²) in [6, 6.07) is 5.39. The molecule has 0 saturated heterocycles. The van der Waals surface area contributed by atoms with Gasteiger partial charge in [0.1, 0.15) is 0 Å². The van der Waals surface area contributed by atoms with E-state index in [1.54, 1.807) is 6.07 Å². The van der Waals surface area contributed by atoms with Crippen molar-refractivity contribution in [2.24, 2.45) is 5.73 Å². The standard InChI is InChI=1S/C14H23NO2/c1-3-5-6-7-12(15)11-8-9-13(16)14(10-11)17-4-2/h8-10,12,16H,3-7,15H2,1-2H3/t12-/m1/s1. The quantitative estimate of drug-likeness (QED) is 0.715. The summed E-state index contributed by atoms with van der Waals surface area (Å²) in [7, 11) is 0. The lowest BCUT2D eigenvalue weighted by molar-refractivity contribution is 0.317. The largest absolute Gasteiger partial charge is 0.504 e. The smallest absolute Gasteiger partial charge is 0.161 e. The van der Waals surface area contributed by atoms with Gasteiger partial charge in [0.25, 0.3) is 0 Å². The Kier molecular flexibility index (Phi) is 5.84. The molecular weight excluding hydrogens is 214 g/mol. The zero-order valence-corrected chi connectivity index (χ0v) is 10.8. The van der Waals surface area contributed by atoms with Crippen LogP contribution >= 0.6 is 0 Å². The van der Waals surface area contributed by atoms with Crippen LogP contribution in [0.3, 0.4) is 0 Å². The number of hydrogen-bond acceptors (Lipinski definition) is 3. The lowest BCUT2D eigenvalue weighted by Crippen LogP contribution is -2.10. The first-order chi connectivity index (χ1) is 8.19. The van der Waals surface area contributed by atoms with Crippen LogP contribution in [-0.2, 0) is 0 Å². The second-order valence-corrected chi connectivity index (χ2v) is 4.26. The van der Waals surface area contributed by atoms with Crippen LogP contribution in [-0.4, -0.2) is 11.7 Å². The number of ether oxygens (including phenoxy) is 1. The Labute approximate surface area is 104 Å². The molecular formula is C14H23NO2. The summed E-state index contributed by atoms with van der Waals surface area (Å²) in [4.78, 5) is 0. The number of phenolic OH excluding ortho intramolecular Hbond substituents is 1. The van der Waals surface area contributed by atoms with Crippen LogP contribution in [0.4, 0.5) is 0 Å². The average molecular weight is 237 g/mol. The van der Waals surface area contributed by atoms with E-state index in [4.69, 9.17) is 10.5 Å². The van der Waals surface area contributed by atoms with Crippen LogP contribution in [0.5, 0.6) is 11.5 Å². The lowest BCUT2D eigenvalue weighted by atomic mass is 10.0. The summed E-state index contributed by atoms with van der Waals surface area (Å²) in [5.74, 6) is 0.701. The third-order valence-electron chi connectivity index (χ3n) is 2.83. The van der Waals surface area contributed by atoms with E-state index in [0.717, 1.165) is 18.4 Å². The summed E-state index contributed by atoms with van der Waals surface area (Å²) in [5.41, 5.74) is 7.14. The van der Waals surface area contributed by atoms with Crippen molar-refractivity contribution in [1.29, 1.82) is 0 Å². The number of unbranched alkanes of at least 4 members (excludes halogenated alkanes) is 2. The molecule has 17 heavy (non-hydrogen) atoms. The Bertz CT molecular complexity index is 339. The third kappa shape index (κ3) is 4.27. The zero-order chi connectivity index (χ0) is 12.7. The van der Waals surface area contributed by atoms with E-state index in [-0.39, 0.29) is 11.8 Å². The highest BCUT2D eigenvalue weighted by Gasteiger charge is 2.09. The van der Waals surface area contributed by atoms with Crippen LogP contribution in [0.2, 0.25) is 0 Å². The fourth-order valence-electron chi connectivity index (χ4n) is 1.81. The van der Waals surface area contributed by atoms with Gasteiger partial charge in [0, 0.05) is 6.04 Å². The van der Waals surface area contributed by atoms with Gasteiger partial charge in [-0.05, 0) is 31.0 Å². The van der Waals surface area contributed by atoms with E-state index in [2.05, 4.69) is 6.92 Å². The molecule has 0 saturated carbocycles. The topological polar surface area (TPSA) is 55.5 Å². The molecule has 0 aromatic heterocycles. The predicted octanol–water partition coefficient (Wildman–Crippen LogP) is 3.37. The average Bonchev–Trinajstić information content (AvgIpc) is 2.32. The Morgan fingerprint density at radius 1 is 1.29 bits per heavy atom. The van der Waals surface area contributed by atoms with Crippen molar-refractivity contribution < 1.29 is 9.84 Å². The molecule has 1 aromatic rings. The van der Waals surface area contributed by atoms with Crippen molar-refractivity contribution in [3.63, 3.8) is 0 Å². The van der Waals surface area contributed by atoms with Gasteiger partial charge in [-0.25, -0.2) is 0 Å². The minimum Gasteiger partial charge on any atom is -0.504 e. The molecule has 0 spiro atoms. The molecule has 0 amide bonds. The SMILES string of the molecule is CCCCC[C@@H](N)c1ccc(O)c(OCC)c1. The highest BCUT2D eigenvalue weighted by Crippen LogP contribution is 2.30. The first-order valence-electron chi connectivity index (χ1n) is 6.40. The predicted molar refractivity (Wildman–Crippen MR) is 70.3 cm³/mol. The fraction of sp³-hybridized carbons (Fsp3) is 0.571. The Morgan fingerprint density at radius 2 is 2.06 bits per heavy atom. The van der Waals surface area contributed by atoms with Crippen molar-refractivity contribution in [2.45, 2.75) is 45.6 Å². The summed E-state index contributed by atoms with van der Waals surface area (Å²) in [6.45, 7) is 4.62. The van der Waals surface area contributed by atoms with Crippen LogP contribution in [0.15, 0.2) is 18.2 Å². The molecule has 3 heteroatoms. The molecule has 0 radical (unpaired) electrons. The van der Waals surface area contributed by atoms with E-state index >= 15 is 0 Å². The van der Waals surface area contributed by atoms with Gasteiger partial charge >= 0.3 is 0 Å². The number of nitrogens with two attached hydrogens (primary N) is 1. The Balaban J connectivity index is 2.66. The molecule has 0 bridgehead atoms. The number of aromatic hydroxyl groups is 1. The first-order valence-corrected chi connectivity index (χ1v) is 6.40. The van der Waals surface area contributed by atoms with E-state index in [1.807, 2.05) is 19.1 Å². The zero-order valence-electron chi connectivity index (χ0n) is 10.8. The fourth-order valence-corrected chi connectivity index (χ4v) is 1.81. The maximum atomic E-state index is 9.60. The molecule has 0 fully saturated rings. The van der Waals surface area contributed by atoms with Crippen molar-refractivity contribution in [1.82, 2.24) is 0 Å². The van der Waals surface area contributed by atoms with Crippen molar-refractivity contribution >= 4 is 0 Å². The minimum atomic E-state index is 0.0290. The Hall–Kier alpha value is -1.22. The van der Waals surface area contributed by atoms with Crippen molar-refractivity contribution in [2.75, 3.05) is 6.61 Å². The van der Waals surface area contributed by atoms with Gasteiger partial charge in [-0.3, -0.25) is 0 Å². The summed E-state index contributed by atoms with van der Waals surface area (Å²) in [6.07, 6.45) is 4.53. The van der Waals surface area contributed by atoms with Crippen LogP contribution < -0.4 is 10.5 Å². The Morgan fingerprint density at radius 3 is 2.71 bits per heavy atom. The highest BCUT2D eigenvalue weighted by molar-refractivity contribution is 5.42. The third-order valence-corrected chi connectivity index (χ3v) is 2.83. The van der Waals surface area contributed by atoms with Crippen LogP contribution in [0.25, 0.3) is 0 Å². The van der Waals surface area contributed by atoms with Gasteiger partial charge in [-0.1, -0.05) is 32.3 Å². The van der Waals surface area contributed by atoms with E-state index < -0.39 is 0 Å². The normalized spacial score (nSPS) is 12.4. The van der Waals surface area contributed by atoms with Gasteiger partial charge in [0.15, 0.2) is 11.5 Å². The molecule has 0 aliphatic carbocycles. The molecule has 3 N–H and O–H groups in total. The monoisotopic (exact) mass is 237 g/mol. The molecule has 0 aliphatic heterocycles. The number of benzene rings is 1. The summed E-state index contributed by atoms with van der Waals surface area (Å²) in [5, 5.41) is 9.60. The maximum Gasteiger partial charge on any atom is 0.161 e. The number of hydrogen-bond donors (Lipinski definition) is 2. The molecule has 1 rings (SSSR count). The summed E-state index contributed by atoms with van der Waals surface area (Å²) >= 11 is 0. The van der Waals surface area contributed by atoms with E-state index in [0.29, 0.717) is 12.4 Å². The molecule has 0 aliphatic rings. The van der Waals surface area contributed by atoms with Gasteiger partial charge in [0.2, 0.25) is 0 Å². The van der Waals surface area contributed by atoms with Crippen molar-refractivity contribution in [3.05, 3.63) is 23.8 Å². The highest BCUT2D eigenvalue weighted by atomic mass is 16.5. The van der Waals surface area contributed by atoms with Gasteiger partial charge in [0.05, 0.1) is 6.61 Å². The molecule has 1 aromatic carbocycles. The van der Waals surface area contributed by atoms with Gasteiger partial charge in [-0.2, -0.15) is 0 Å². The second kappa shape index (κ2) is 7.17. The molecule has 1 atom stereocenters. The summed E-state index contributed by atoms with van der Waals surface area (Å²) < 4.78 is 5.35. The molecule has 3 nitrogen and oxygen atoms in total. The molecule has 96 valence electrons. The maximum absolute atomic E-state index is 9.60. The first kappa shape index (κ1) is 13.8. The minimum absolute atomic E-state index is 0.0290. The van der Waals surface area contributed by atoms with Crippen LogP contribution in [0, 0.1) is 0 Å². The molecule has 0 unspecified atom stereocenters. The number of rotatable bonds is 7.